The minimum Gasteiger partial charge on any atom is -0.467 e. The van der Waals surface area contributed by atoms with E-state index in [4.69, 9.17) is 10.2 Å². The fraction of sp³-hybridized carbons (Fsp3) is 0.214. The fourth-order valence-corrected chi connectivity index (χ4v) is 2.33. The Morgan fingerprint density at radius 2 is 2.00 bits per heavy atom. The molecule has 0 bridgehead atoms. The van der Waals surface area contributed by atoms with Gasteiger partial charge in [0.15, 0.2) is 0 Å². The second-order valence-corrected chi connectivity index (χ2v) is 4.58. The third-order valence-electron chi connectivity index (χ3n) is 3.35. The van der Waals surface area contributed by atoms with Crippen molar-refractivity contribution in [3.63, 3.8) is 0 Å². The van der Waals surface area contributed by atoms with Crippen molar-refractivity contribution in [1.82, 2.24) is 4.90 Å². The van der Waals surface area contributed by atoms with Gasteiger partial charge in [0.05, 0.1) is 6.26 Å². The van der Waals surface area contributed by atoms with Gasteiger partial charge in [-0.05, 0) is 29.8 Å². The Hall–Kier alpha value is -2.14. The van der Waals surface area contributed by atoms with Gasteiger partial charge in [0.25, 0.3) is 0 Å². The van der Waals surface area contributed by atoms with Crippen LogP contribution in [-0.2, 0) is 11.3 Å². The van der Waals surface area contributed by atoms with Crippen LogP contribution in [0.25, 0.3) is 0 Å². The lowest BCUT2D eigenvalue weighted by molar-refractivity contribution is -0.151. The number of carbonyl (C=O) groups excluding carboxylic acids is 1. The Bertz CT molecular complexity index is 580. The molecule has 4 nitrogen and oxygen atoms in total. The lowest BCUT2D eigenvalue weighted by atomic mass is 9.93. The number of hydrogen-bond acceptors (Lipinski definition) is 3. The first-order chi connectivity index (χ1) is 9.16. The fourth-order valence-electron chi connectivity index (χ4n) is 2.33. The Kier molecular flexibility index (Phi) is 2.83. The first-order valence-electron chi connectivity index (χ1n) is 6.01. The van der Waals surface area contributed by atoms with E-state index in [1.807, 2.05) is 0 Å². The summed E-state index contributed by atoms with van der Waals surface area (Å²) in [6.45, 7) is 0.401. The summed E-state index contributed by atoms with van der Waals surface area (Å²) in [4.78, 5) is 13.5. The summed E-state index contributed by atoms with van der Waals surface area (Å²) in [7, 11) is 0. The van der Waals surface area contributed by atoms with E-state index in [-0.39, 0.29) is 17.8 Å². The molecule has 1 aliphatic rings. The Labute approximate surface area is 109 Å². The molecule has 0 unspecified atom stereocenters. The van der Waals surface area contributed by atoms with Gasteiger partial charge in [-0.25, -0.2) is 4.39 Å². The largest absolute Gasteiger partial charge is 0.467 e. The van der Waals surface area contributed by atoms with Gasteiger partial charge in [0.1, 0.15) is 23.7 Å². The van der Waals surface area contributed by atoms with Crippen LogP contribution in [-0.4, -0.2) is 16.8 Å². The van der Waals surface area contributed by atoms with Crippen molar-refractivity contribution in [2.45, 2.75) is 18.6 Å². The van der Waals surface area contributed by atoms with Crippen LogP contribution in [0, 0.1) is 5.82 Å². The summed E-state index contributed by atoms with van der Waals surface area (Å²) in [5.74, 6) is 0.262. The molecule has 0 spiro atoms. The second-order valence-electron chi connectivity index (χ2n) is 4.58. The number of rotatable bonds is 3. The number of likely N-dealkylation sites (tertiary alicyclic amines) is 1. The van der Waals surface area contributed by atoms with E-state index in [9.17, 15) is 9.18 Å². The number of hydrogen-bond donors (Lipinski definition) is 1. The van der Waals surface area contributed by atoms with Crippen LogP contribution in [0.2, 0.25) is 0 Å². The van der Waals surface area contributed by atoms with E-state index in [1.165, 1.54) is 12.1 Å². The van der Waals surface area contributed by atoms with Crippen LogP contribution in [0.1, 0.15) is 17.4 Å². The van der Waals surface area contributed by atoms with Crippen molar-refractivity contribution in [3.05, 3.63) is 59.8 Å². The maximum atomic E-state index is 12.8. The maximum absolute atomic E-state index is 12.8. The van der Waals surface area contributed by atoms with E-state index in [0.717, 1.165) is 5.56 Å². The summed E-state index contributed by atoms with van der Waals surface area (Å²) in [5.41, 5.74) is 6.67. The molecule has 0 aliphatic carbocycles. The van der Waals surface area contributed by atoms with E-state index in [1.54, 1.807) is 35.4 Å². The topological polar surface area (TPSA) is 59.5 Å². The molecule has 98 valence electrons. The lowest BCUT2D eigenvalue weighted by Gasteiger charge is -2.44. The summed E-state index contributed by atoms with van der Waals surface area (Å²) in [6.07, 6.45) is 1.56. The standard InChI is InChI=1S/C14H13FN2O2/c15-10-5-3-9(4-6-10)8-17-13(12(16)14(17)18)11-2-1-7-19-11/h1-7,12-13H,8,16H2/t12-,13-/m1/s1. The molecular formula is C14H13FN2O2. The van der Waals surface area contributed by atoms with Crippen LogP contribution >= 0.6 is 0 Å². The molecule has 0 radical (unpaired) electrons. The van der Waals surface area contributed by atoms with E-state index in [0.29, 0.717) is 12.3 Å². The van der Waals surface area contributed by atoms with E-state index in [2.05, 4.69) is 0 Å². The average Bonchev–Trinajstić information content (AvgIpc) is 2.93. The third kappa shape index (κ3) is 2.02. The summed E-state index contributed by atoms with van der Waals surface area (Å²) >= 11 is 0. The zero-order valence-electron chi connectivity index (χ0n) is 10.1. The molecule has 1 aliphatic heterocycles. The molecule has 1 amide bonds. The van der Waals surface area contributed by atoms with Crippen LogP contribution in [0.4, 0.5) is 4.39 Å². The minimum atomic E-state index is -0.563. The van der Waals surface area contributed by atoms with Crippen molar-refractivity contribution in [2.75, 3.05) is 0 Å². The van der Waals surface area contributed by atoms with E-state index < -0.39 is 6.04 Å². The van der Waals surface area contributed by atoms with Crippen molar-refractivity contribution in [2.24, 2.45) is 5.73 Å². The van der Waals surface area contributed by atoms with E-state index >= 15 is 0 Å². The normalized spacial score (nSPS) is 22.4. The van der Waals surface area contributed by atoms with Gasteiger partial charge in [-0.3, -0.25) is 4.79 Å². The van der Waals surface area contributed by atoms with Gasteiger partial charge in [-0.1, -0.05) is 12.1 Å². The van der Waals surface area contributed by atoms with Crippen molar-refractivity contribution in [1.29, 1.82) is 0 Å². The molecule has 2 atom stereocenters. The number of furan rings is 1. The third-order valence-corrected chi connectivity index (χ3v) is 3.35. The predicted molar refractivity (Wildman–Crippen MR) is 66.4 cm³/mol. The molecule has 1 fully saturated rings. The molecule has 2 heterocycles. The Morgan fingerprint density at radius 3 is 2.63 bits per heavy atom. The summed E-state index contributed by atoms with van der Waals surface area (Å²) in [6, 6.07) is 8.83. The minimum absolute atomic E-state index is 0.120. The van der Waals surface area contributed by atoms with Gasteiger partial charge < -0.3 is 15.1 Å². The van der Waals surface area contributed by atoms with Crippen molar-refractivity contribution in [3.8, 4) is 0 Å². The quantitative estimate of drug-likeness (QED) is 0.856. The number of halogens is 1. The molecule has 1 aromatic heterocycles. The highest BCUT2D eigenvalue weighted by Crippen LogP contribution is 2.35. The molecule has 5 heteroatoms. The zero-order chi connectivity index (χ0) is 13.4. The number of nitrogens with zero attached hydrogens (tertiary/aromatic N) is 1. The lowest BCUT2D eigenvalue weighted by Crippen LogP contribution is -2.62. The monoisotopic (exact) mass is 260 g/mol. The van der Waals surface area contributed by atoms with Gasteiger partial charge >= 0.3 is 0 Å². The van der Waals surface area contributed by atoms with Gasteiger partial charge in [-0.15, -0.1) is 0 Å². The summed E-state index contributed by atoms with van der Waals surface area (Å²) < 4.78 is 18.2. The first-order valence-corrected chi connectivity index (χ1v) is 6.01. The second kappa shape index (κ2) is 4.51. The average molecular weight is 260 g/mol. The molecular weight excluding hydrogens is 247 g/mol. The zero-order valence-corrected chi connectivity index (χ0v) is 10.1. The summed E-state index contributed by atoms with van der Waals surface area (Å²) in [5, 5.41) is 0. The molecule has 2 aromatic rings. The smallest absolute Gasteiger partial charge is 0.243 e. The Morgan fingerprint density at radius 1 is 1.26 bits per heavy atom. The van der Waals surface area contributed by atoms with Crippen LogP contribution in [0.15, 0.2) is 47.1 Å². The van der Waals surface area contributed by atoms with Gasteiger partial charge in [0.2, 0.25) is 5.91 Å². The van der Waals surface area contributed by atoms with Crippen LogP contribution < -0.4 is 5.73 Å². The SMILES string of the molecule is N[C@H]1C(=O)N(Cc2ccc(F)cc2)[C@@H]1c1ccco1. The molecule has 3 rings (SSSR count). The highest BCUT2D eigenvalue weighted by atomic mass is 19.1. The molecule has 1 saturated heterocycles. The molecule has 19 heavy (non-hydrogen) atoms. The number of carbonyl (C=O) groups is 1. The van der Waals surface area contributed by atoms with Crippen molar-refractivity contribution >= 4 is 5.91 Å². The molecule has 0 saturated carbocycles. The maximum Gasteiger partial charge on any atom is 0.243 e. The molecule has 1 aromatic carbocycles. The number of nitrogens with two attached hydrogens (primary N) is 1. The highest BCUT2D eigenvalue weighted by Gasteiger charge is 2.47. The highest BCUT2D eigenvalue weighted by molar-refractivity contribution is 5.89. The number of amides is 1. The van der Waals surface area contributed by atoms with Gasteiger partial charge in [0, 0.05) is 6.54 Å². The number of β-lactam (4-membered cyclic amide) rings is 1. The predicted octanol–water partition coefficient (Wildman–Crippen LogP) is 1.83. The van der Waals surface area contributed by atoms with Crippen molar-refractivity contribution < 1.29 is 13.6 Å². The van der Waals surface area contributed by atoms with Crippen LogP contribution in [0.5, 0.6) is 0 Å². The van der Waals surface area contributed by atoms with Crippen LogP contribution in [0.3, 0.4) is 0 Å². The number of benzene rings is 1. The molecule has 2 N–H and O–H groups in total. The van der Waals surface area contributed by atoms with Gasteiger partial charge in [-0.2, -0.15) is 0 Å². The first kappa shape index (κ1) is 11.9. The Balaban J connectivity index is 1.79.